The Hall–Kier alpha value is -2.20. The van der Waals surface area contributed by atoms with Crippen LogP contribution in [-0.4, -0.2) is 19.0 Å². The fourth-order valence-corrected chi connectivity index (χ4v) is 2.27. The van der Waals surface area contributed by atoms with Crippen molar-refractivity contribution in [1.29, 1.82) is 0 Å². The number of aryl methyl sites for hydroxylation is 1. The highest BCUT2D eigenvalue weighted by atomic mass is 19.1. The lowest BCUT2D eigenvalue weighted by Gasteiger charge is -2.10. The van der Waals surface area contributed by atoms with Gasteiger partial charge in [-0.15, -0.1) is 0 Å². The van der Waals surface area contributed by atoms with E-state index in [1.807, 2.05) is 36.4 Å². The number of nitrogens with one attached hydrogen (secondary N) is 1. The molecule has 2 aromatic rings. The molecule has 0 aliphatic heterocycles. The molecule has 0 fully saturated rings. The molecule has 0 unspecified atom stereocenters. The Morgan fingerprint density at radius 3 is 2.62 bits per heavy atom. The molecule has 0 bridgehead atoms. The van der Waals surface area contributed by atoms with Gasteiger partial charge in [-0.05, 0) is 48.2 Å². The maximum atomic E-state index is 13.5. The van der Waals surface area contributed by atoms with Crippen LogP contribution in [-0.2, 0) is 11.2 Å². The van der Waals surface area contributed by atoms with E-state index in [1.54, 1.807) is 6.07 Å². The third kappa shape index (κ3) is 4.68. The van der Waals surface area contributed by atoms with Crippen LogP contribution in [0, 0.1) is 5.82 Å². The summed E-state index contributed by atoms with van der Waals surface area (Å²) in [5.74, 6) is -0.591. The topological polar surface area (TPSA) is 55.1 Å². The number of hydrogen-bond donors (Lipinski definition) is 2. The van der Waals surface area contributed by atoms with Crippen molar-refractivity contribution < 1.29 is 9.18 Å². The molecule has 0 spiro atoms. The van der Waals surface area contributed by atoms with Gasteiger partial charge < -0.3 is 11.1 Å². The normalized spacial score (nSPS) is 10.5. The fraction of sp³-hybridized carbons (Fsp3) is 0.235. The number of rotatable bonds is 7. The summed E-state index contributed by atoms with van der Waals surface area (Å²) in [6, 6.07) is 14.7. The maximum absolute atomic E-state index is 13.5. The van der Waals surface area contributed by atoms with Crippen LogP contribution in [0.25, 0.3) is 11.1 Å². The third-order valence-corrected chi connectivity index (χ3v) is 3.26. The van der Waals surface area contributed by atoms with E-state index in [1.165, 1.54) is 6.07 Å². The number of amides is 1. The monoisotopic (exact) mass is 286 g/mol. The Morgan fingerprint density at radius 2 is 1.90 bits per heavy atom. The molecule has 0 heterocycles. The van der Waals surface area contributed by atoms with Crippen molar-refractivity contribution in [1.82, 2.24) is 5.32 Å². The highest BCUT2D eigenvalue weighted by Gasteiger charge is 2.06. The minimum Gasteiger partial charge on any atom is -0.369 e. The third-order valence-electron chi connectivity index (χ3n) is 3.26. The van der Waals surface area contributed by atoms with E-state index < -0.39 is 0 Å². The van der Waals surface area contributed by atoms with E-state index in [0.29, 0.717) is 6.54 Å². The summed E-state index contributed by atoms with van der Waals surface area (Å²) < 4.78 is 13.5. The molecule has 2 aromatic carbocycles. The zero-order valence-electron chi connectivity index (χ0n) is 11.8. The Labute approximate surface area is 124 Å². The number of primary amides is 1. The largest absolute Gasteiger partial charge is 0.369 e. The second kappa shape index (κ2) is 7.55. The van der Waals surface area contributed by atoms with E-state index in [9.17, 15) is 9.18 Å². The van der Waals surface area contributed by atoms with Crippen LogP contribution in [0.1, 0.15) is 12.0 Å². The van der Waals surface area contributed by atoms with E-state index in [2.05, 4.69) is 5.32 Å². The SMILES string of the molecule is NC(=O)CNCCCc1ccc(F)cc1-c1ccccc1. The fourth-order valence-electron chi connectivity index (χ4n) is 2.27. The molecule has 0 aromatic heterocycles. The molecule has 1 amide bonds. The van der Waals surface area contributed by atoms with Gasteiger partial charge in [0, 0.05) is 0 Å². The lowest BCUT2D eigenvalue weighted by molar-refractivity contribution is -0.117. The minimum atomic E-state index is -0.359. The van der Waals surface area contributed by atoms with Crippen LogP contribution < -0.4 is 11.1 Å². The average Bonchev–Trinajstić information content (AvgIpc) is 2.49. The molecule has 21 heavy (non-hydrogen) atoms. The summed E-state index contributed by atoms with van der Waals surface area (Å²) in [6.45, 7) is 0.892. The summed E-state index contributed by atoms with van der Waals surface area (Å²) in [5, 5.41) is 2.98. The first kappa shape index (κ1) is 15.2. The first-order valence-electron chi connectivity index (χ1n) is 6.99. The zero-order chi connectivity index (χ0) is 15.1. The molecule has 0 atom stereocenters. The summed E-state index contributed by atoms with van der Waals surface area (Å²) in [7, 11) is 0. The van der Waals surface area contributed by atoms with Crippen LogP contribution in [0.3, 0.4) is 0 Å². The van der Waals surface area contributed by atoms with Crippen molar-refractivity contribution in [3.63, 3.8) is 0 Å². The van der Waals surface area contributed by atoms with Gasteiger partial charge in [-0.25, -0.2) is 4.39 Å². The summed E-state index contributed by atoms with van der Waals surface area (Å²) in [6.07, 6.45) is 1.68. The van der Waals surface area contributed by atoms with Crippen LogP contribution in [0.4, 0.5) is 4.39 Å². The predicted molar refractivity (Wildman–Crippen MR) is 82.2 cm³/mol. The van der Waals surface area contributed by atoms with Crippen LogP contribution in [0.2, 0.25) is 0 Å². The lowest BCUT2D eigenvalue weighted by Crippen LogP contribution is -2.29. The molecule has 0 saturated carbocycles. The second-order valence-electron chi connectivity index (χ2n) is 4.91. The van der Waals surface area contributed by atoms with Crippen molar-refractivity contribution in [2.45, 2.75) is 12.8 Å². The van der Waals surface area contributed by atoms with Gasteiger partial charge in [0.2, 0.25) is 5.91 Å². The van der Waals surface area contributed by atoms with Gasteiger partial charge in [-0.1, -0.05) is 36.4 Å². The summed E-state index contributed by atoms with van der Waals surface area (Å²) in [5.41, 5.74) is 8.09. The quantitative estimate of drug-likeness (QED) is 0.768. The molecular formula is C17H19FN2O. The molecule has 4 heteroatoms. The second-order valence-corrected chi connectivity index (χ2v) is 4.91. The van der Waals surface area contributed by atoms with E-state index in [0.717, 1.165) is 29.5 Å². The average molecular weight is 286 g/mol. The number of carbonyl (C=O) groups excluding carboxylic acids is 1. The number of hydrogen-bond acceptors (Lipinski definition) is 2. The van der Waals surface area contributed by atoms with Gasteiger partial charge in [-0.2, -0.15) is 0 Å². The highest BCUT2D eigenvalue weighted by Crippen LogP contribution is 2.25. The number of carbonyl (C=O) groups is 1. The molecule has 0 aliphatic rings. The molecule has 0 radical (unpaired) electrons. The molecule has 3 N–H and O–H groups in total. The number of halogens is 1. The predicted octanol–water partition coefficient (Wildman–Crippen LogP) is 2.50. The van der Waals surface area contributed by atoms with Crippen LogP contribution in [0.15, 0.2) is 48.5 Å². The standard InChI is InChI=1S/C17H19FN2O/c18-15-9-8-14(7-4-10-20-12-17(19)21)16(11-15)13-5-2-1-3-6-13/h1-3,5-6,8-9,11,20H,4,7,10,12H2,(H2,19,21). The van der Waals surface area contributed by atoms with Crippen LogP contribution in [0.5, 0.6) is 0 Å². The zero-order valence-corrected chi connectivity index (χ0v) is 11.8. The van der Waals surface area contributed by atoms with E-state index in [-0.39, 0.29) is 18.3 Å². The Morgan fingerprint density at radius 1 is 1.14 bits per heavy atom. The van der Waals surface area contributed by atoms with Crippen molar-refractivity contribution >= 4 is 5.91 Å². The van der Waals surface area contributed by atoms with Crippen molar-refractivity contribution in [3.05, 3.63) is 59.9 Å². The van der Waals surface area contributed by atoms with Crippen LogP contribution >= 0.6 is 0 Å². The Kier molecular flexibility index (Phi) is 5.46. The van der Waals surface area contributed by atoms with Gasteiger partial charge in [0.1, 0.15) is 5.82 Å². The minimum absolute atomic E-state index is 0.189. The molecule has 3 nitrogen and oxygen atoms in total. The summed E-state index contributed by atoms with van der Waals surface area (Å²) in [4.78, 5) is 10.6. The van der Waals surface area contributed by atoms with Gasteiger partial charge in [0.05, 0.1) is 6.54 Å². The lowest BCUT2D eigenvalue weighted by atomic mass is 9.96. The highest BCUT2D eigenvalue weighted by molar-refractivity contribution is 5.75. The van der Waals surface area contributed by atoms with E-state index in [4.69, 9.17) is 5.73 Å². The van der Waals surface area contributed by atoms with Crippen molar-refractivity contribution in [3.8, 4) is 11.1 Å². The Bertz CT molecular complexity index is 599. The van der Waals surface area contributed by atoms with Gasteiger partial charge in [0.25, 0.3) is 0 Å². The molecule has 0 saturated heterocycles. The molecule has 110 valence electrons. The summed E-state index contributed by atoms with van der Waals surface area (Å²) >= 11 is 0. The van der Waals surface area contributed by atoms with Crippen molar-refractivity contribution in [2.75, 3.05) is 13.1 Å². The van der Waals surface area contributed by atoms with E-state index >= 15 is 0 Å². The van der Waals surface area contributed by atoms with Crippen molar-refractivity contribution in [2.24, 2.45) is 5.73 Å². The first-order valence-corrected chi connectivity index (χ1v) is 6.99. The smallest absolute Gasteiger partial charge is 0.231 e. The number of benzene rings is 2. The maximum Gasteiger partial charge on any atom is 0.231 e. The molecule has 0 aliphatic carbocycles. The Balaban J connectivity index is 2.04. The molecule has 2 rings (SSSR count). The van der Waals surface area contributed by atoms with Gasteiger partial charge >= 0.3 is 0 Å². The molecular weight excluding hydrogens is 267 g/mol. The first-order chi connectivity index (χ1) is 10.2. The van der Waals surface area contributed by atoms with Gasteiger partial charge in [-0.3, -0.25) is 4.79 Å². The van der Waals surface area contributed by atoms with Gasteiger partial charge in [0.15, 0.2) is 0 Å². The number of nitrogens with two attached hydrogens (primary N) is 1.